The highest BCUT2D eigenvalue weighted by molar-refractivity contribution is 7.15. The Hall–Kier alpha value is -1.38. The maximum absolute atomic E-state index is 12.4. The fourth-order valence-corrected chi connectivity index (χ4v) is 2.87. The standard InChI is InChI=1S/C12H15F2N3O2S/c1-8-7-20-12-15-9(4-11(19)17(8)12)5-16(2-3-18)6-10(13)14/h4,7,10,18H,2-3,5-6H2,1H3. The van der Waals surface area contributed by atoms with Crippen molar-refractivity contribution in [1.29, 1.82) is 0 Å². The molecule has 0 saturated heterocycles. The van der Waals surface area contributed by atoms with Crippen molar-refractivity contribution >= 4 is 16.3 Å². The number of hydrogen-bond donors (Lipinski definition) is 1. The molecule has 5 nitrogen and oxygen atoms in total. The van der Waals surface area contributed by atoms with Gasteiger partial charge in [-0.2, -0.15) is 0 Å². The maximum atomic E-state index is 12.4. The number of aryl methyl sites for hydroxylation is 1. The second-order valence-electron chi connectivity index (χ2n) is 4.43. The molecule has 0 aliphatic carbocycles. The largest absolute Gasteiger partial charge is 0.395 e. The van der Waals surface area contributed by atoms with Gasteiger partial charge >= 0.3 is 0 Å². The first kappa shape index (κ1) is 15.0. The van der Waals surface area contributed by atoms with Crippen LogP contribution in [-0.4, -0.2) is 45.5 Å². The lowest BCUT2D eigenvalue weighted by atomic mass is 10.3. The molecule has 2 rings (SSSR count). The van der Waals surface area contributed by atoms with Gasteiger partial charge in [-0.15, -0.1) is 11.3 Å². The van der Waals surface area contributed by atoms with Crippen LogP contribution in [0.4, 0.5) is 8.78 Å². The third-order valence-electron chi connectivity index (χ3n) is 2.83. The van der Waals surface area contributed by atoms with Crippen LogP contribution < -0.4 is 5.56 Å². The molecule has 0 aliphatic heterocycles. The minimum Gasteiger partial charge on any atom is -0.395 e. The molecule has 2 heterocycles. The van der Waals surface area contributed by atoms with E-state index in [2.05, 4.69) is 4.98 Å². The Balaban J connectivity index is 2.25. The van der Waals surface area contributed by atoms with E-state index in [1.807, 2.05) is 5.38 Å². The Morgan fingerprint density at radius 2 is 2.30 bits per heavy atom. The zero-order valence-electron chi connectivity index (χ0n) is 10.9. The molecule has 0 radical (unpaired) electrons. The highest BCUT2D eigenvalue weighted by Gasteiger charge is 2.14. The van der Waals surface area contributed by atoms with Crippen molar-refractivity contribution in [2.75, 3.05) is 19.7 Å². The molecule has 0 aliphatic rings. The van der Waals surface area contributed by atoms with Crippen molar-refractivity contribution in [1.82, 2.24) is 14.3 Å². The topological polar surface area (TPSA) is 57.8 Å². The summed E-state index contributed by atoms with van der Waals surface area (Å²) in [6, 6.07) is 1.35. The summed E-state index contributed by atoms with van der Waals surface area (Å²) < 4.78 is 26.4. The van der Waals surface area contributed by atoms with Crippen LogP contribution in [-0.2, 0) is 6.54 Å². The van der Waals surface area contributed by atoms with Gasteiger partial charge in [-0.05, 0) is 6.92 Å². The molecule has 20 heavy (non-hydrogen) atoms. The summed E-state index contributed by atoms with van der Waals surface area (Å²) in [5, 5.41) is 10.7. The van der Waals surface area contributed by atoms with Crippen LogP contribution in [0.15, 0.2) is 16.2 Å². The van der Waals surface area contributed by atoms with E-state index < -0.39 is 13.0 Å². The molecular formula is C12H15F2N3O2S. The van der Waals surface area contributed by atoms with Gasteiger partial charge in [0.05, 0.1) is 18.8 Å². The number of aliphatic hydroxyl groups excluding tert-OH is 1. The first-order valence-corrected chi connectivity index (χ1v) is 6.97. The Bertz CT molecular complexity index is 641. The van der Waals surface area contributed by atoms with Crippen LogP contribution >= 0.6 is 11.3 Å². The molecule has 0 amide bonds. The Morgan fingerprint density at radius 1 is 1.55 bits per heavy atom. The molecule has 1 N–H and O–H groups in total. The van der Waals surface area contributed by atoms with E-state index in [-0.39, 0.29) is 25.3 Å². The molecule has 0 spiro atoms. The molecule has 2 aromatic heterocycles. The minimum absolute atomic E-state index is 0.119. The zero-order chi connectivity index (χ0) is 14.7. The monoisotopic (exact) mass is 303 g/mol. The molecule has 0 aromatic carbocycles. The van der Waals surface area contributed by atoms with E-state index in [9.17, 15) is 13.6 Å². The molecular weight excluding hydrogens is 288 g/mol. The van der Waals surface area contributed by atoms with E-state index in [0.717, 1.165) is 5.69 Å². The molecule has 0 unspecified atom stereocenters. The van der Waals surface area contributed by atoms with Gasteiger partial charge in [-0.1, -0.05) is 0 Å². The van der Waals surface area contributed by atoms with Crippen molar-refractivity contribution in [3.05, 3.63) is 33.2 Å². The average molecular weight is 303 g/mol. The summed E-state index contributed by atoms with van der Waals surface area (Å²) in [7, 11) is 0. The summed E-state index contributed by atoms with van der Waals surface area (Å²) in [4.78, 5) is 18.2. The van der Waals surface area contributed by atoms with Crippen molar-refractivity contribution in [3.8, 4) is 0 Å². The van der Waals surface area contributed by atoms with E-state index in [4.69, 9.17) is 5.11 Å². The second-order valence-corrected chi connectivity index (χ2v) is 5.27. The Morgan fingerprint density at radius 3 is 2.95 bits per heavy atom. The van der Waals surface area contributed by atoms with Crippen LogP contribution in [0.2, 0.25) is 0 Å². The predicted octanol–water partition coefficient (Wildman–Crippen LogP) is 1.12. The number of hydrogen-bond acceptors (Lipinski definition) is 5. The number of thiazole rings is 1. The van der Waals surface area contributed by atoms with Crippen LogP contribution in [0, 0.1) is 6.92 Å². The zero-order valence-corrected chi connectivity index (χ0v) is 11.7. The van der Waals surface area contributed by atoms with E-state index in [1.165, 1.54) is 26.7 Å². The Labute approximate surface area is 118 Å². The van der Waals surface area contributed by atoms with E-state index in [0.29, 0.717) is 10.7 Å². The summed E-state index contributed by atoms with van der Waals surface area (Å²) in [6.07, 6.45) is -2.49. The third-order valence-corrected chi connectivity index (χ3v) is 3.77. The minimum atomic E-state index is -2.49. The van der Waals surface area contributed by atoms with E-state index in [1.54, 1.807) is 6.92 Å². The van der Waals surface area contributed by atoms with Gasteiger partial charge in [0.1, 0.15) is 0 Å². The lowest BCUT2D eigenvalue weighted by Gasteiger charge is -2.20. The number of alkyl halides is 2. The first-order chi connectivity index (χ1) is 9.51. The molecule has 110 valence electrons. The fourth-order valence-electron chi connectivity index (χ4n) is 1.98. The molecule has 2 aromatic rings. The highest BCUT2D eigenvalue weighted by Crippen LogP contribution is 2.12. The van der Waals surface area contributed by atoms with Gasteiger partial charge in [0.25, 0.3) is 12.0 Å². The van der Waals surface area contributed by atoms with Crippen molar-refractivity contribution < 1.29 is 13.9 Å². The third kappa shape index (κ3) is 3.38. The number of halogens is 2. The molecule has 0 atom stereocenters. The van der Waals surface area contributed by atoms with Crippen molar-refractivity contribution in [3.63, 3.8) is 0 Å². The van der Waals surface area contributed by atoms with Gasteiger partial charge in [0.2, 0.25) is 0 Å². The number of aliphatic hydroxyl groups is 1. The quantitative estimate of drug-likeness (QED) is 0.869. The Kier molecular flexibility index (Phi) is 4.79. The lowest BCUT2D eigenvalue weighted by Crippen LogP contribution is -2.32. The normalized spacial score (nSPS) is 11.9. The fraction of sp³-hybridized carbons (Fsp3) is 0.500. The smallest absolute Gasteiger partial charge is 0.259 e. The van der Waals surface area contributed by atoms with Gasteiger partial charge in [-0.25, -0.2) is 13.8 Å². The van der Waals surface area contributed by atoms with Crippen molar-refractivity contribution in [2.45, 2.75) is 19.9 Å². The SMILES string of the molecule is Cc1csc2nc(CN(CCO)CC(F)F)cc(=O)n12. The van der Waals surface area contributed by atoms with Gasteiger partial charge in [0.15, 0.2) is 4.96 Å². The molecule has 0 fully saturated rings. The summed E-state index contributed by atoms with van der Waals surface area (Å²) in [5.41, 5.74) is 1.02. The van der Waals surface area contributed by atoms with Gasteiger partial charge in [0, 0.05) is 30.2 Å². The average Bonchev–Trinajstić information content (AvgIpc) is 2.70. The van der Waals surface area contributed by atoms with Gasteiger partial charge < -0.3 is 5.11 Å². The highest BCUT2D eigenvalue weighted by atomic mass is 32.1. The number of rotatable bonds is 6. The van der Waals surface area contributed by atoms with Crippen LogP contribution in [0.25, 0.3) is 4.96 Å². The molecule has 8 heteroatoms. The number of nitrogens with zero attached hydrogens (tertiary/aromatic N) is 3. The molecule has 0 saturated carbocycles. The summed E-state index contributed by atoms with van der Waals surface area (Å²) in [5.74, 6) is 0. The summed E-state index contributed by atoms with van der Waals surface area (Å²) >= 11 is 1.33. The van der Waals surface area contributed by atoms with Gasteiger partial charge in [-0.3, -0.25) is 14.1 Å². The van der Waals surface area contributed by atoms with Crippen LogP contribution in [0.3, 0.4) is 0 Å². The predicted molar refractivity (Wildman–Crippen MR) is 72.4 cm³/mol. The maximum Gasteiger partial charge on any atom is 0.259 e. The van der Waals surface area contributed by atoms with E-state index >= 15 is 0 Å². The van der Waals surface area contributed by atoms with Crippen molar-refractivity contribution in [2.24, 2.45) is 0 Å². The lowest BCUT2D eigenvalue weighted by molar-refractivity contribution is 0.0740. The van der Waals surface area contributed by atoms with Crippen LogP contribution in [0.5, 0.6) is 0 Å². The van der Waals surface area contributed by atoms with Crippen LogP contribution in [0.1, 0.15) is 11.4 Å². The second kappa shape index (κ2) is 6.38. The first-order valence-electron chi connectivity index (χ1n) is 6.09. The molecule has 0 bridgehead atoms. The number of fused-ring (bicyclic) bond motifs is 1. The number of aromatic nitrogens is 2. The summed E-state index contributed by atoms with van der Waals surface area (Å²) in [6.45, 7) is 1.38.